The van der Waals surface area contributed by atoms with Gasteiger partial charge in [0, 0.05) is 12.5 Å². The Morgan fingerprint density at radius 1 is 1.26 bits per heavy atom. The minimum atomic E-state index is -0.517. The van der Waals surface area contributed by atoms with Crippen LogP contribution in [0.1, 0.15) is 25.7 Å². The van der Waals surface area contributed by atoms with Crippen LogP contribution in [0.2, 0.25) is 0 Å². The molecule has 2 fully saturated rings. The first-order valence-electron chi connectivity index (χ1n) is 6.67. The van der Waals surface area contributed by atoms with E-state index in [1.807, 2.05) is 0 Å². The van der Waals surface area contributed by atoms with Gasteiger partial charge < -0.3 is 21.3 Å². The van der Waals surface area contributed by atoms with Crippen LogP contribution in [0.4, 0.5) is 0 Å². The predicted molar refractivity (Wildman–Crippen MR) is 68.0 cm³/mol. The van der Waals surface area contributed by atoms with Crippen molar-refractivity contribution in [2.24, 2.45) is 5.73 Å². The number of piperidine rings is 1. The Hall–Kier alpha value is -1.63. The quantitative estimate of drug-likeness (QED) is 0.567. The summed E-state index contributed by atoms with van der Waals surface area (Å²) >= 11 is 0. The van der Waals surface area contributed by atoms with Crippen molar-refractivity contribution in [2.75, 3.05) is 19.6 Å². The minimum Gasteiger partial charge on any atom is -0.368 e. The molecule has 2 heterocycles. The summed E-state index contributed by atoms with van der Waals surface area (Å²) in [4.78, 5) is 36.3. The maximum atomic E-state index is 12.4. The molecule has 7 nitrogen and oxygen atoms in total. The van der Waals surface area contributed by atoms with Gasteiger partial charge in [0.15, 0.2) is 0 Å². The van der Waals surface area contributed by atoms with Gasteiger partial charge in [0.05, 0.1) is 6.54 Å². The molecule has 0 radical (unpaired) electrons. The van der Waals surface area contributed by atoms with Gasteiger partial charge in [0.2, 0.25) is 17.7 Å². The molecule has 3 amide bonds. The molecule has 19 heavy (non-hydrogen) atoms. The molecule has 1 atom stereocenters. The number of primary amides is 1. The van der Waals surface area contributed by atoms with Crippen LogP contribution in [-0.4, -0.2) is 54.3 Å². The Morgan fingerprint density at radius 2 is 1.95 bits per heavy atom. The van der Waals surface area contributed by atoms with Gasteiger partial charge in [0.1, 0.15) is 6.04 Å². The highest BCUT2D eigenvalue weighted by Gasteiger charge is 2.34. The van der Waals surface area contributed by atoms with Crippen LogP contribution in [0.15, 0.2) is 0 Å². The molecule has 4 N–H and O–H groups in total. The summed E-state index contributed by atoms with van der Waals surface area (Å²) in [6.07, 6.45) is 2.48. The molecular weight excluding hydrogens is 248 g/mol. The smallest absolute Gasteiger partial charge is 0.245 e. The van der Waals surface area contributed by atoms with Gasteiger partial charge in [-0.15, -0.1) is 0 Å². The van der Waals surface area contributed by atoms with Crippen LogP contribution in [0.5, 0.6) is 0 Å². The Balaban J connectivity index is 2.05. The summed E-state index contributed by atoms with van der Waals surface area (Å²) < 4.78 is 0. The molecule has 0 saturated carbocycles. The average Bonchev–Trinajstić information content (AvgIpc) is 2.83. The summed E-state index contributed by atoms with van der Waals surface area (Å²) in [6, 6.07) is -0.472. The molecule has 1 unspecified atom stereocenters. The molecule has 0 spiro atoms. The maximum Gasteiger partial charge on any atom is 0.245 e. The number of nitrogens with one attached hydrogen (secondary N) is 2. The molecule has 2 aliphatic rings. The SMILES string of the molecule is NC(=O)CN(C(=O)C1CCC(=O)N1)C1CCNCC1. The van der Waals surface area contributed by atoms with Crippen molar-refractivity contribution in [2.45, 2.75) is 37.8 Å². The van der Waals surface area contributed by atoms with Gasteiger partial charge in [-0.1, -0.05) is 0 Å². The number of carbonyl (C=O) groups excluding carboxylic acids is 3. The van der Waals surface area contributed by atoms with E-state index in [4.69, 9.17) is 5.73 Å². The van der Waals surface area contributed by atoms with Crippen molar-refractivity contribution >= 4 is 17.7 Å². The maximum absolute atomic E-state index is 12.4. The Bertz CT molecular complexity index is 379. The highest BCUT2D eigenvalue weighted by atomic mass is 16.2. The van der Waals surface area contributed by atoms with E-state index in [0.717, 1.165) is 25.9 Å². The highest BCUT2D eigenvalue weighted by Crippen LogP contribution is 2.16. The monoisotopic (exact) mass is 268 g/mol. The zero-order valence-corrected chi connectivity index (χ0v) is 10.9. The average molecular weight is 268 g/mol. The van der Waals surface area contributed by atoms with Crippen LogP contribution in [0.25, 0.3) is 0 Å². The van der Waals surface area contributed by atoms with E-state index in [0.29, 0.717) is 12.8 Å². The van der Waals surface area contributed by atoms with Crippen molar-refractivity contribution in [1.82, 2.24) is 15.5 Å². The van der Waals surface area contributed by atoms with Crippen LogP contribution in [-0.2, 0) is 14.4 Å². The fraction of sp³-hybridized carbons (Fsp3) is 0.750. The van der Waals surface area contributed by atoms with E-state index >= 15 is 0 Å². The summed E-state index contributed by atoms with van der Waals surface area (Å²) in [5.41, 5.74) is 5.23. The third-order valence-electron chi connectivity index (χ3n) is 3.65. The van der Waals surface area contributed by atoms with Crippen LogP contribution in [0.3, 0.4) is 0 Å². The van der Waals surface area contributed by atoms with E-state index in [2.05, 4.69) is 10.6 Å². The third-order valence-corrected chi connectivity index (χ3v) is 3.65. The van der Waals surface area contributed by atoms with Crippen LogP contribution < -0.4 is 16.4 Å². The first-order chi connectivity index (χ1) is 9.08. The first-order valence-corrected chi connectivity index (χ1v) is 6.67. The Morgan fingerprint density at radius 3 is 2.47 bits per heavy atom. The normalized spacial score (nSPS) is 24.0. The summed E-state index contributed by atoms with van der Waals surface area (Å²) in [5, 5.41) is 5.86. The summed E-state index contributed by atoms with van der Waals surface area (Å²) in [6.45, 7) is 1.57. The summed E-state index contributed by atoms with van der Waals surface area (Å²) in [5.74, 6) is -0.810. The molecule has 0 aliphatic carbocycles. The van der Waals surface area contributed by atoms with Gasteiger partial charge in [-0.2, -0.15) is 0 Å². The van der Waals surface area contributed by atoms with E-state index in [1.54, 1.807) is 4.90 Å². The molecule has 0 aromatic carbocycles. The lowest BCUT2D eigenvalue weighted by Crippen LogP contribution is -2.54. The number of nitrogens with two attached hydrogens (primary N) is 1. The topological polar surface area (TPSA) is 105 Å². The fourth-order valence-electron chi connectivity index (χ4n) is 2.67. The van der Waals surface area contributed by atoms with E-state index in [-0.39, 0.29) is 24.4 Å². The zero-order chi connectivity index (χ0) is 13.8. The lowest BCUT2D eigenvalue weighted by molar-refractivity contribution is -0.140. The molecule has 2 saturated heterocycles. The largest absolute Gasteiger partial charge is 0.368 e. The van der Waals surface area contributed by atoms with Crippen molar-refractivity contribution < 1.29 is 14.4 Å². The molecule has 0 aromatic heterocycles. The second-order valence-electron chi connectivity index (χ2n) is 5.07. The lowest BCUT2D eigenvalue weighted by atomic mass is 10.0. The molecule has 0 aromatic rings. The third kappa shape index (κ3) is 3.44. The zero-order valence-electron chi connectivity index (χ0n) is 10.9. The number of carbonyl (C=O) groups is 3. The summed E-state index contributed by atoms with van der Waals surface area (Å²) in [7, 11) is 0. The van der Waals surface area contributed by atoms with Gasteiger partial charge in [-0.25, -0.2) is 0 Å². The standard InChI is InChI=1S/C12H20N4O3/c13-10(17)7-16(8-3-5-14-6-4-8)12(19)9-1-2-11(18)15-9/h8-9,14H,1-7H2,(H2,13,17)(H,15,18). The Labute approximate surface area is 111 Å². The minimum absolute atomic E-state index is 0.0266. The second-order valence-corrected chi connectivity index (χ2v) is 5.07. The highest BCUT2D eigenvalue weighted by molar-refractivity contribution is 5.92. The molecule has 0 bridgehead atoms. The van der Waals surface area contributed by atoms with Gasteiger partial charge in [0.25, 0.3) is 0 Å². The van der Waals surface area contributed by atoms with Gasteiger partial charge in [-0.05, 0) is 32.4 Å². The van der Waals surface area contributed by atoms with Crippen molar-refractivity contribution in [3.8, 4) is 0 Å². The molecule has 2 rings (SSSR count). The van der Waals surface area contributed by atoms with Crippen molar-refractivity contribution in [3.63, 3.8) is 0 Å². The molecule has 2 aliphatic heterocycles. The van der Waals surface area contributed by atoms with E-state index in [1.165, 1.54) is 0 Å². The fourth-order valence-corrected chi connectivity index (χ4v) is 2.67. The van der Waals surface area contributed by atoms with E-state index < -0.39 is 11.9 Å². The Kier molecular flexibility index (Phi) is 4.36. The van der Waals surface area contributed by atoms with Crippen LogP contribution >= 0.6 is 0 Å². The number of amides is 3. The van der Waals surface area contributed by atoms with Crippen molar-refractivity contribution in [1.29, 1.82) is 0 Å². The molecule has 106 valence electrons. The lowest BCUT2D eigenvalue weighted by Gasteiger charge is -2.35. The van der Waals surface area contributed by atoms with Gasteiger partial charge >= 0.3 is 0 Å². The van der Waals surface area contributed by atoms with Crippen molar-refractivity contribution in [3.05, 3.63) is 0 Å². The second kappa shape index (κ2) is 6.01. The number of nitrogens with zero attached hydrogens (tertiary/aromatic N) is 1. The first kappa shape index (κ1) is 13.8. The predicted octanol–water partition coefficient (Wildman–Crippen LogP) is -1.67. The molecular formula is C12H20N4O3. The van der Waals surface area contributed by atoms with Gasteiger partial charge in [-0.3, -0.25) is 14.4 Å². The van der Waals surface area contributed by atoms with Crippen LogP contribution in [0, 0.1) is 0 Å². The van der Waals surface area contributed by atoms with E-state index in [9.17, 15) is 14.4 Å². The molecule has 7 heteroatoms. The number of hydrogen-bond acceptors (Lipinski definition) is 4. The number of hydrogen-bond donors (Lipinski definition) is 3. The number of rotatable bonds is 4.